The summed E-state index contributed by atoms with van der Waals surface area (Å²) in [5.74, 6) is 0.113. The Hall–Kier alpha value is -2.29. The van der Waals surface area contributed by atoms with Crippen LogP contribution in [0.15, 0.2) is 54.6 Å². The molecule has 2 aromatic rings. The summed E-state index contributed by atoms with van der Waals surface area (Å²) < 4.78 is 5.55. The average molecular weight is 226 g/mol. The largest absolute Gasteiger partial charge is 0.489 e. The summed E-state index contributed by atoms with van der Waals surface area (Å²) in [5.41, 5.74) is 8.30. The van der Waals surface area contributed by atoms with Crippen LogP contribution in [0.1, 0.15) is 15.9 Å². The van der Waals surface area contributed by atoms with E-state index in [0.29, 0.717) is 12.2 Å². The molecule has 0 aromatic heterocycles. The van der Waals surface area contributed by atoms with Crippen molar-refractivity contribution in [2.45, 2.75) is 6.61 Å². The van der Waals surface area contributed by atoms with Crippen LogP contribution in [0.5, 0.6) is 5.75 Å². The maximum Gasteiger partial charge on any atom is 0.269 e. The molecular formula is C14H12NO2. The minimum Gasteiger partial charge on any atom is -0.489 e. The quantitative estimate of drug-likeness (QED) is 0.804. The van der Waals surface area contributed by atoms with Gasteiger partial charge in [-0.05, 0) is 29.8 Å². The van der Waals surface area contributed by atoms with Gasteiger partial charge in [-0.3, -0.25) is 10.5 Å². The van der Waals surface area contributed by atoms with Crippen molar-refractivity contribution < 1.29 is 9.53 Å². The number of para-hydroxylation sites is 1. The molecule has 1 N–H and O–H groups in total. The van der Waals surface area contributed by atoms with Crippen LogP contribution in [-0.4, -0.2) is 5.91 Å². The van der Waals surface area contributed by atoms with Crippen LogP contribution in [0.3, 0.4) is 0 Å². The highest BCUT2D eigenvalue weighted by atomic mass is 16.5. The highest BCUT2D eigenvalue weighted by Crippen LogP contribution is 2.12. The lowest BCUT2D eigenvalue weighted by atomic mass is 10.1. The molecule has 0 aliphatic heterocycles. The standard InChI is InChI=1S/C14H12NO2/c15-14(16)12-6-4-5-11(9-12)10-17-13-7-2-1-3-8-13/h1-9,15H,10H2. The lowest BCUT2D eigenvalue weighted by molar-refractivity contribution is 0.0992. The van der Waals surface area contributed by atoms with Gasteiger partial charge < -0.3 is 4.74 Å². The minimum atomic E-state index is -0.674. The number of hydrogen-bond donors (Lipinski definition) is 0. The predicted molar refractivity (Wildman–Crippen MR) is 64.6 cm³/mol. The van der Waals surface area contributed by atoms with Gasteiger partial charge in [0.1, 0.15) is 12.4 Å². The number of nitrogens with one attached hydrogen (secondary N) is 1. The fourth-order valence-electron chi connectivity index (χ4n) is 1.49. The highest BCUT2D eigenvalue weighted by Gasteiger charge is 2.02. The van der Waals surface area contributed by atoms with Crippen molar-refractivity contribution in [2.24, 2.45) is 0 Å². The van der Waals surface area contributed by atoms with E-state index in [1.165, 1.54) is 0 Å². The first kappa shape index (κ1) is 11.2. The normalized spacial score (nSPS) is 9.88. The number of ether oxygens (including phenoxy) is 1. The summed E-state index contributed by atoms with van der Waals surface area (Å²) in [5, 5.41) is 0. The summed E-state index contributed by atoms with van der Waals surface area (Å²) >= 11 is 0. The molecule has 0 saturated heterocycles. The molecule has 0 bridgehead atoms. The SMILES string of the molecule is [NH]C(=O)c1cccc(COc2ccccc2)c1. The minimum absolute atomic E-state index is 0.388. The Morgan fingerprint density at radius 2 is 1.82 bits per heavy atom. The summed E-state index contributed by atoms with van der Waals surface area (Å²) in [7, 11) is 0. The van der Waals surface area contributed by atoms with E-state index >= 15 is 0 Å². The Kier molecular flexibility index (Phi) is 3.40. The highest BCUT2D eigenvalue weighted by molar-refractivity contribution is 5.92. The van der Waals surface area contributed by atoms with Crippen LogP contribution in [-0.2, 0) is 6.61 Å². The average Bonchev–Trinajstić information content (AvgIpc) is 2.38. The van der Waals surface area contributed by atoms with Gasteiger partial charge in [0.05, 0.1) is 0 Å². The van der Waals surface area contributed by atoms with E-state index in [-0.39, 0.29) is 0 Å². The van der Waals surface area contributed by atoms with Crippen LogP contribution in [0, 0.1) is 0 Å². The zero-order chi connectivity index (χ0) is 12.1. The Labute approximate surface area is 99.8 Å². The molecule has 3 heteroatoms. The van der Waals surface area contributed by atoms with Gasteiger partial charge in [-0.1, -0.05) is 30.3 Å². The van der Waals surface area contributed by atoms with Gasteiger partial charge in [-0.2, -0.15) is 0 Å². The maximum absolute atomic E-state index is 10.9. The monoisotopic (exact) mass is 226 g/mol. The molecule has 0 saturated carbocycles. The first-order chi connectivity index (χ1) is 8.25. The summed E-state index contributed by atoms with van der Waals surface area (Å²) in [6.07, 6.45) is 0. The molecule has 0 spiro atoms. The molecule has 0 aliphatic carbocycles. The second kappa shape index (κ2) is 5.16. The molecule has 2 aromatic carbocycles. The van der Waals surface area contributed by atoms with Gasteiger partial charge in [0.25, 0.3) is 5.91 Å². The van der Waals surface area contributed by atoms with Gasteiger partial charge in [-0.15, -0.1) is 0 Å². The smallest absolute Gasteiger partial charge is 0.269 e. The molecule has 0 fully saturated rings. The van der Waals surface area contributed by atoms with E-state index in [1.807, 2.05) is 36.4 Å². The van der Waals surface area contributed by atoms with Gasteiger partial charge in [0.15, 0.2) is 0 Å². The van der Waals surface area contributed by atoms with Gasteiger partial charge in [0, 0.05) is 5.56 Å². The van der Waals surface area contributed by atoms with Crippen LogP contribution in [0.25, 0.3) is 0 Å². The van der Waals surface area contributed by atoms with E-state index < -0.39 is 5.91 Å². The number of hydrogen-bond acceptors (Lipinski definition) is 2. The number of carbonyl (C=O) groups excluding carboxylic acids is 1. The molecule has 2 rings (SSSR count). The molecule has 85 valence electrons. The lowest BCUT2D eigenvalue weighted by Gasteiger charge is -2.06. The van der Waals surface area contributed by atoms with Crippen molar-refractivity contribution in [3.63, 3.8) is 0 Å². The van der Waals surface area contributed by atoms with Gasteiger partial charge >= 0.3 is 0 Å². The Morgan fingerprint density at radius 1 is 1.06 bits per heavy atom. The van der Waals surface area contributed by atoms with E-state index in [9.17, 15) is 4.79 Å². The fraction of sp³-hybridized carbons (Fsp3) is 0.0714. The number of amides is 1. The van der Waals surface area contributed by atoms with E-state index in [1.54, 1.807) is 18.2 Å². The zero-order valence-corrected chi connectivity index (χ0v) is 9.22. The van der Waals surface area contributed by atoms with Crippen molar-refractivity contribution in [3.8, 4) is 5.75 Å². The summed E-state index contributed by atoms with van der Waals surface area (Å²) in [6, 6.07) is 16.4. The second-order valence-corrected chi connectivity index (χ2v) is 3.63. The van der Waals surface area contributed by atoms with Crippen molar-refractivity contribution in [1.82, 2.24) is 5.73 Å². The molecule has 1 radical (unpaired) electrons. The molecule has 0 unspecified atom stereocenters. The van der Waals surface area contributed by atoms with Gasteiger partial charge in [-0.25, -0.2) is 0 Å². The first-order valence-corrected chi connectivity index (χ1v) is 5.28. The number of carbonyl (C=O) groups is 1. The fourth-order valence-corrected chi connectivity index (χ4v) is 1.49. The van der Waals surface area contributed by atoms with Crippen molar-refractivity contribution >= 4 is 5.91 Å². The molecule has 0 heterocycles. The third-order valence-electron chi connectivity index (χ3n) is 2.34. The van der Waals surface area contributed by atoms with E-state index in [0.717, 1.165) is 11.3 Å². The predicted octanol–water partition coefficient (Wildman–Crippen LogP) is 2.69. The molecule has 0 aliphatic rings. The van der Waals surface area contributed by atoms with Crippen molar-refractivity contribution in [2.75, 3.05) is 0 Å². The Bertz CT molecular complexity index is 509. The molecular weight excluding hydrogens is 214 g/mol. The Morgan fingerprint density at radius 3 is 2.53 bits per heavy atom. The summed E-state index contributed by atoms with van der Waals surface area (Å²) in [4.78, 5) is 10.9. The van der Waals surface area contributed by atoms with E-state index in [4.69, 9.17) is 10.5 Å². The molecule has 3 nitrogen and oxygen atoms in total. The van der Waals surface area contributed by atoms with Crippen LogP contribution in [0.4, 0.5) is 0 Å². The molecule has 0 atom stereocenters. The Balaban J connectivity index is 2.04. The van der Waals surface area contributed by atoms with Gasteiger partial charge in [0.2, 0.25) is 0 Å². The van der Waals surface area contributed by atoms with Crippen LogP contribution < -0.4 is 10.5 Å². The topological polar surface area (TPSA) is 50.1 Å². The molecule has 1 amide bonds. The van der Waals surface area contributed by atoms with Crippen LogP contribution in [0.2, 0.25) is 0 Å². The summed E-state index contributed by atoms with van der Waals surface area (Å²) in [6.45, 7) is 0.394. The number of rotatable bonds is 4. The molecule has 17 heavy (non-hydrogen) atoms. The van der Waals surface area contributed by atoms with E-state index in [2.05, 4.69) is 0 Å². The number of benzene rings is 2. The maximum atomic E-state index is 10.9. The van der Waals surface area contributed by atoms with Crippen molar-refractivity contribution in [3.05, 3.63) is 65.7 Å². The first-order valence-electron chi connectivity index (χ1n) is 5.28. The lowest BCUT2D eigenvalue weighted by Crippen LogP contribution is -2.01. The van der Waals surface area contributed by atoms with Crippen molar-refractivity contribution in [1.29, 1.82) is 0 Å². The third kappa shape index (κ3) is 3.08. The van der Waals surface area contributed by atoms with Crippen LogP contribution >= 0.6 is 0 Å². The zero-order valence-electron chi connectivity index (χ0n) is 9.22. The second-order valence-electron chi connectivity index (χ2n) is 3.63. The third-order valence-corrected chi connectivity index (χ3v) is 2.34.